The summed E-state index contributed by atoms with van der Waals surface area (Å²) in [7, 11) is 1.73. The summed E-state index contributed by atoms with van der Waals surface area (Å²) in [5.41, 5.74) is 3.67. The van der Waals surface area contributed by atoms with Gasteiger partial charge in [0.05, 0.1) is 19.8 Å². The minimum atomic E-state index is -0.0253. The summed E-state index contributed by atoms with van der Waals surface area (Å²) in [5, 5.41) is 1.27. The van der Waals surface area contributed by atoms with Crippen LogP contribution in [0.25, 0.3) is 10.9 Å². The Balaban J connectivity index is 1.34. The largest absolute Gasteiger partial charge is 0.383 e. The zero-order valence-corrected chi connectivity index (χ0v) is 17.6. The molecule has 1 atom stereocenters. The van der Waals surface area contributed by atoms with Gasteiger partial charge < -0.3 is 18.9 Å². The molecule has 1 aromatic heterocycles. The monoisotopic (exact) mass is 406 g/mol. The van der Waals surface area contributed by atoms with Crippen LogP contribution in [-0.4, -0.2) is 48.8 Å². The minimum Gasteiger partial charge on any atom is -0.383 e. The van der Waals surface area contributed by atoms with Crippen molar-refractivity contribution in [3.05, 3.63) is 71.9 Å². The van der Waals surface area contributed by atoms with E-state index < -0.39 is 0 Å². The molecule has 1 aliphatic rings. The molecule has 5 heteroatoms. The first kappa shape index (κ1) is 20.6. The molecule has 1 saturated heterocycles. The number of rotatable bonds is 8. The lowest BCUT2D eigenvalue weighted by Crippen LogP contribution is -2.42. The number of benzene rings is 2. The number of amides is 1. The van der Waals surface area contributed by atoms with Gasteiger partial charge in [-0.2, -0.15) is 0 Å². The number of para-hydroxylation sites is 1. The van der Waals surface area contributed by atoms with E-state index in [1.807, 2.05) is 23.1 Å². The lowest BCUT2D eigenvalue weighted by molar-refractivity contribution is -0.139. The van der Waals surface area contributed by atoms with Crippen LogP contribution in [0.15, 0.2) is 60.8 Å². The Labute approximate surface area is 178 Å². The summed E-state index contributed by atoms with van der Waals surface area (Å²) in [5.74, 6) is 0.224. The number of carbonyl (C=O) groups excluding carboxylic acids is 1. The molecule has 5 nitrogen and oxygen atoms in total. The molecule has 2 heterocycles. The highest BCUT2D eigenvalue weighted by Gasteiger charge is 2.25. The zero-order chi connectivity index (χ0) is 20.8. The smallest absolute Gasteiger partial charge is 0.222 e. The molecule has 4 rings (SSSR count). The van der Waals surface area contributed by atoms with Crippen LogP contribution < -0.4 is 0 Å². The number of hydrogen-bond donors (Lipinski definition) is 0. The Hall–Kier alpha value is -2.63. The molecule has 0 saturated carbocycles. The number of nitrogens with zero attached hydrogens (tertiary/aromatic N) is 2. The molecular formula is C25H30N2O3. The quantitative estimate of drug-likeness (QED) is 0.563. The number of aromatic nitrogens is 1. The maximum Gasteiger partial charge on any atom is 0.222 e. The van der Waals surface area contributed by atoms with E-state index in [0.717, 1.165) is 24.9 Å². The summed E-state index contributed by atoms with van der Waals surface area (Å²) < 4.78 is 13.4. The molecule has 1 aliphatic heterocycles. The summed E-state index contributed by atoms with van der Waals surface area (Å²) >= 11 is 0. The second kappa shape index (κ2) is 9.92. The minimum absolute atomic E-state index is 0.0253. The van der Waals surface area contributed by atoms with Crippen molar-refractivity contribution in [2.75, 3.05) is 33.4 Å². The molecule has 0 aliphatic carbocycles. The van der Waals surface area contributed by atoms with E-state index in [2.05, 4.69) is 47.2 Å². The van der Waals surface area contributed by atoms with Crippen molar-refractivity contribution in [2.45, 2.75) is 31.9 Å². The van der Waals surface area contributed by atoms with Gasteiger partial charge in [-0.1, -0.05) is 48.5 Å². The van der Waals surface area contributed by atoms with Crippen molar-refractivity contribution >= 4 is 16.8 Å². The predicted octanol–water partition coefficient (Wildman–Crippen LogP) is 4.21. The molecule has 0 unspecified atom stereocenters. The van der Waals surface area contributed by atoms with Crippen molar-refractivity contribution in [2.24, 2.45) is 0 Å². The third kappa shape index (κ3) is 4.74. The average Bonchev–Trinajstić information content (AvgIpc) is 3.16. The van der Waals surface area contributed by atoms with Crippen molar-refractivity contribution in [1.82, 2.24) is 9.47 Å². The fourth-order valence-corrected chi connectivity index (χ4v) is 4.23. The number of fused-ring (bicyclic) bond motifs is 1. The molecule has 3 aromatic rings. The first-order valence-electron chi connectivity index (χ1n) is 10.8. The SMILES string of the molecule is COCCn1cc(CCCC(=O)N2CCO[C@H](c3ccccc3)C2)c2ccccc21. The van der Waals surface area contributed by atoms with Gasteiger partial charge in [0.15, 0.2) is 0 Å². The Kier molecular flexibility index (Phi) is 6.82. The molecule has 0 N–H and O–H groups in total. The van der Waals surface area contributed by atoms with Gasteiger partial charge in [0, 0.05) is 43.7 Å². The maximum absolute atomic E-state index is 12.8. The van der Waals surface area contributed by atoms with E-state index in [9.17, 15) is 4.79 Å². The predicted molar refractivity (Wildman–Crippen MR) is 118 cm³/mol. The molecule has 1 amide bonds. The van der Waals surface area contributed by atoms with Gasteiger partial charge in [-0.05, 0) is 30.0 Å². The second-order valence-corrected chi connectivity index (χ2v) is 7.82. The number of morpholine rings is 1. The lowest BCUT2D eigenvalue weighted by atomic mass is 10.1. The molecule has 0 radical (unpaired) electrons. The van der Waals surface area contributed by atoms with Crippen molar-refractivity contribution < 1.29 is 14.3 Å². The van der Waals surface area contributed by atoms with Gasteiger partial charge in [-0.15, -0.1) is 0 Å². The van der Waals surface area contributed by atoms with E-state index in [-0.39, 0.29) is 12.0 Å². The highest BCUT2D eigenvalue weighted by atomic mass is 16.5. The van der Waals surface area contributed by atoms with Gasteiger partial charge in [0.2, 0.25) is 5.91 Å². The maximum atomic E-state index is 12.8. The molecule has 1 fully saturated rings. The number of aryl methyl sites for hydroxylation is 1. The lowest BCUT2D eigenvalue weighted by Gasteiger charge is -2.33. The van der Waals surface area contributed by atoms with Crippen LogP contribution in [0, 0.1) is 0 Å². The van der Waals surface area contributed by atoms with Crippen LogP contribution in [0.4, 0.5) is 0 Å². The molecule has 2 aromatic carbocycles. The fourth-order valence-electron chi connectivity index (χ4n) is 4.23. The Morgan fingerprint density at radius 1 is 1.13 bits per heavy atom. The molecule has 158 valence electrons. The standard InChI is InChI=1S/C25H30N2O3/c1-29-16-14-26-18-21(22-11-5-6-12-23(22)26)10-7-13-25(28)27-15-17-30-24(19-27)20-8-3-2-4-9-20/h2-6,8-9,11-12,18,24H,7,10,13-17,19H2,1H3/t24-/m0/s1. The average molecular weight is 407 g/mol. The summed E-state index contributed by atoms with van der Waals surface area (Å²) in [6, 6.07) is 18.6. The van der Waals surface area contributed by atoms with E-state index in [0.29, 0.717) is 32.7 Å². The van der Waals surface area contributed by atoms with Crippen LogP contribution in [0.3, 0.4) is 0 Å². The topological polar surface area (TPSA) is 43.7 Å². The van der Waals surface area contributed by atoms with Gasteiger partial charge >= 0.3 is 0 Å². The Morgan fingerprint density at radius 3 is 2.77 bits per heavy atom. The van der Waals surface area contributed by atoms with Crippen LogP contribution in [0.2, 0.25) is 0 Å². The van der Waals surface area contributed by atoms with E-state index in [1.165, 1.54) is 16.5 Å². The van der Waals surface area contributed by atoms with Crippen molar-refractivity contribution in [3.63, 3.8) is 0 Å². The molecule has 0 bridgehead atoms. The second-order valence-electron chi connectivity index (χ2n) is 7.82. The summed E-state index contributed by atoms with van der Waals surface area (Å²) in [4.78, 5) is 14.8. The van der Waals surface area contributed by atoms with Crippen molar-refractivity contribution in [1.29, 1.82) is 0 Å². The zero-order valence-electron chi connectivity index (χ0n) is 17.6. The van der Waals surface area contributed by atoms with Crippen LogP contribution in [-0.2, 0) is 27.2 Å². The van der Waals surface area contributed by atoms with Crippen molar-refractivity contribution in [3.8, 4) is 0 Å². The van der Waals surface area contributed by atoms with Crippen LogP contribution in [0.5, 0.6) is 0 Å². The Morgan fingerprint density at radius 2 is 1.93 bits per heavy atom. The van der Waals surface area contributed by atoms with E-state index in [4.69, 9.17) is 9.47 Å². The summed E-state index contributed by atoms with van der Waals surface area (Å²) in [6.07, 6.45) is 4.51. The highest BCUT2D eigenvalue weighted by molar-refractivity contribution is 5.84. The number of hydrogen-bond acceptors (Lipinski definition) is 3. The number of ether oxygens (including phenoxy) is 2. The third-order valence-electron chi connectivity index (χ3n) is 5.83. The van der Waals surface area contributed by atoms with Gasteiger partial charge in [-0.3, -0.25) is 4.79 Å². The molecule has 0 spiro atoms. The molecular weight excluding hydrogens is 376 g/mol. The van der Waals surface area contributed by atoms with Gasteiger partial charge in [0.25, 0.3) is 0 Å². The van der Waals surface area contributed by atoms with E-state index >= 15 is 0 Å². The first-order chi connectivity index (χ1) is 14.8. The van der Waals surface area contributed by atoms with E-state index in [1.54, 1.807) is 7.11 Å². The van der Waals surface area contributed by atoms with Crippen LogP contribution in [0.1, 0.15) is 30.1 Å². The summed E-state index contributed by atoms with van der Waals surface area (Å²) in [6.45, 7) is 3.44. The van der Waals surface area contributed by atoms with Crippen LogP contribution >= 0.6 is 0 Å². The first-order valence-corrected chi connectivity index (χ1v) is 10.8. The van der Waals surface area contributed by atoms with Gasteiger partial charge in [0.1, 0.15) is 6.10 Å². The van der Waals surface area contributed by atoms with Gasteiger partial charge in [-0.25, -0.2) is 0 Å². The highest BCUT2D eigenvalue weighted by Crippen LogP contribution is 2.25. The normalized spacial score (nSPS) is 16.8. The third-order valence-corrected chi connectivity index (χ3v) is 5.83. The fraction of sp³-hybridized carbons (Fsp3) is 0.400. The molecule has 30 heavy (non-hydrogen) atoms. The number of methoxy groups -OCH3 is 1. The number of carbonyl (C=O) groups is 1. The Bertz CT molecular complexity index is 967.